The Bertz CT molecular complexity index is 2610. The highest BCUT2D eigenvalue weighted by molar-refractivity contribution is 5.88. The molecule has 3 fully saturated rings. The van der Waals surface area contributed by atoms with Crippen LogP contribution in [-0.2, 0) is 48.6 Å². The molecule has 3 saturated heterocycles. The van der Waals surface area contributed by atoms with E-state index in [0.717, 1.165) is 60.9 Å². The van der Waals surface area contributed by atoms with Crippen LogP contribution in [-0.4, -0.2) is 131 Å². The average molecular weight is 1010 g/mol. The minimum atomic E-state index is -1.41. The molecule has 7 rings (SSSR count). The first kappa shape index (κ1) is 54.5. The number of pyridine rings is 1. The fourth-order valence-electron chi connectivity index (χ4n) is 10.1. The van der Waals surface area contributed by atoms with Crippen molar-refractivity contribution in [2.45, 2.75) is 110 Å². The number of benzene rings is 2. The zero-order chi connectivity index (χ0) is 52.8. The first-order chi connectivity index (χ1) is 34.6. The van der Waals surface area contributed by atoms with Crippen molar-refractivity contribution < 1.29 is 47.3 Å². The summed E-state index contributed by atoms with van der Waals surface area (Å²) in [6, 6.07) is 15.8. The molecule has 73 heavy (non-hydrogen) atoms. The highest BCUT2D eigenvalue weighted by Gasteiger charge is 2.45. The quantitative estimate of drug-likeness (QED) is 0.0582. The number of nitrogens with zero attached hydrogens (tertiary/aromatic N) is 6. The zero-order valence-electron chi connectivity index (χ0n) is 43.4. The van der Waals surface area contributed by atoms with Crippen molar-refractivity contribution in [3.63, 3.8) is 0 Å². The Balaban J connectivity index is 1.12. The van der Waals surface area contributed by atoms with Crippen LogP contribution in [0.1, 0.15) is 89.5 Å². The summed E-state index contributed by atoms with van der Waals surface area (Å²) in [6.07, 6.45) is 3.20. The van der Waals surface area contributed by atoms with Crippen LogP contribution in [0.4, 0.5) is 19.4 Å². The van der Waals surface area contributed by atoms with Crippen LogP contribution in [0.15, 0.2) is 67.0 Å². The van der Waals surface area contributed by atoms with Gasteiger partial charge in [-0.25, -0.2) is 23.6 Å². The molecule has 6 atom stereocenters. The molecule has 5 heterocycles. The summed E-state index contributed by atoms with van der Waals surface area (Å²) in [4.78, 5) is 63.3. The Morgan fingerprint density at radius 3 is 2.05 bits per heavy atom. The molecule has 2 aromatic carbocycles. The van der Waals surface area contributed by atoms with Crippen LogP contribution < -0.4 is 15.6 Å². The van der Waals surface area contributed by atoms with Gasteiger partial charge in [-0.15, -0.1) is 0 Å². The number of aliphatic hydroxyl groups excluding tert-OH is 1. The van der Waals surface area contributed by atoms with E-state index in [4.69, 9.17) is 19.2 Å². The van der Waals surface area contributed by atoms with Gasteiger partial charge in [0.05, 0.1) is 63.7 Å². The largest absolute Gasteiger partial charge is 0.469 e. The minimum Gasteiger partial charge on any atom is -0.469 e. The Labute approximate surface area is 427 Å². The molecule has 4 aromatic rings. The number of carbonyl (C=O) groups excluding carboxylic acids is 4. The van der Waals surface area contributed by atoms with Crippen LogP contribution in [0.25, 0.3) is 11.3 Å². The number of aromatic nitrogens is 3. The maximum absolute atomic E-state index is 16.0. The highest BCUT2D eigenvalue weighted by atomic mass is 19.1. The van der Waals surface area contributed by atoms with Crippen molar-refractivity contribution in [2.24, 2.45) is 29.7 Å². The molecule has 3 aliphatic rings. The summed E-state index contributed by atoms with van der Waals surface area (Å²) in [5.41, 5.74) is 3.57. The highest BCUT2D eigenvalue weighted by Crippen LogP contribution is 2.36. The van der Waals surface area contributed by atoms with Gasteiger partial charge in [-0.2, -0.15) is 5.10 Å². The Kier molecular flexibility index (Phi) is 17.4. The Morgan fingerprint density at radius 2 is 1.52 bits per heavy atom. The van der Waals surface area contributed by atoms with E-state index in [9.17, 15) is 24.3 Å². The lowest BCUT2D eigenvalue weighted by Gasteiger charge is -2.47. The molecule has 3 aliphatic heterocycles. The van der Waals surface area contributed by atoms with E-state index in [-0.39, 0.29) is 24.8 Å². The fourth-order valence-corrected chi connectivity index (χ4v) is 10.1. The van der Waals surface area contributed by atoms with Crippen LogP contribution in [0.3, 0.4) is 0 Å². The van der Waals surface area contributed by atoms with Gasteiger partial charge in [-0.1, -0.05) is 65.5 Å². The summed E-state index contributed by atoms with van der Waals surface area (Å²) in [7, 11) is 4.09. The number of halogens is 2. The number of anilines is 1. The first-order valence-corrected chi connectivity index (χ1v) is 24.9. The number of aryl methyl sites for hydroxylation is 1. The molecule has 0 saturated carbocycles. The standard InChI is InChI=1S/C55H70F2N8O8/c1-54(2,3)43(26-50(68)71-8)52(69)61-64(30-42-44(56)23-37(24-45(42)57)46-20-21-62(7)60-46)31-48(67)38(25-47(66)51(55(4,5)6)59-53(70)72-9)22-35-13-10-34(11-14-35)12-15-36-16-19-49(58-27-36)63-28-39-17-18-40(29-63)65(39)41-32-73-33-41/h10-11,13-14,16,19-21,23-24,27,38-41,43,48,51,67H,17-18,22,25-26,28-33H2,1-9H3,(H,59,70)(H,61,69)/t38-,39?,40?,43-,48+,51-/m1/s1. The number of Topliss-reactive ketones (excluding diaryl/α,β-unsaturated/α-hetero) is 1. The number of hydrogen-bond donors (Lipinski definition) is 3. The molecule has 2 amide bonds. The van der Waals surface area contributed by atoms with Gasteiger partial charge in [-0.3, -0.25) is 29.4 Å². The average Bonchev–Trinajstić information content (AvgIpc) is 3.86. The number of nitrogens with one attached hydrogen (secondary N) is 2. The topological polar surface area (TPSA) is 181 Å². The number of methoxy groups -OCH3 is 2. The van der Waals surface area contributed by atoms with Crippen molar-refractivity contribution in [2.75, 3.05) is 52.0 Å². The maximum Gasteiger partial charge on any atom is 0.407 e. The van der Waals surface area contributed by atoms with Gasteiger partial charge >= 0.3 is 12.1 Å². The Hall–Kier alpha value is -6.26. The monoisotopic (exact) mass is 1010 g/mol. The molecule has 2 aromatic heterocycles. The van der Waals surface area contributed by atoms with Crippen molar-refractivity contribution in [1.82, 2.24) is 35.4 Å². The molecule has 0 radical (unpaired) electrons. The van der Waals surface area contributed by atoms with Crippen LogP contribution >= 0.6 is 0 Å². The molecule has 18 heteroatoms. The summed E-state index contributed by atoms with van der Waals surface area (Å²) in [5, 5.41) is 20.4. The number of amides is 2. The third kappa shape index (κ3) is 13.9. The molecule has 2 bridgehead atoms. The van der Waals surface area contributed by atoms with E-state index in [0.29, 0.717) is 23.8 Å². The number of hydrogen-bond acceptors (Lipinski definition) is 13. The maximum atomic E-state index is 16.0. The molecule has 16 nitrogen and oxygen atoms in total. The van der Waals surface area contributed by atoms with Gasteiger partial charge in [0, 0.05) is 86.4 Å². The van der Waals surface area contributed by atoms with E-state index in [2.05, 4.69) is 37.5 Å². The van der Waals surface area contributed by atoms with Gasteiger partial charge in [-0.05, 0) is 84.0 Å². The van der Waals surface area contributed by atoms with Crippen molar-refractivity contribution in [3.8, 4) is 23.1 Å². The fraction of sp³-hybridized carbons (Fsp3) is 0.527. The van der Waals surface area contributed by atoms with Crippen LogP contribution in [0.5, 0.6) is 0 Å². The Morgan fingerprint density at radius 1 is 0.877 bits per heavy atom. The number of piperazine rings is 1. The number of hydrazine groups is 1. The predicted molar refractivity (Wildman–Crippen MR) is 270 cm³/mol. The number of rotatable bonds is 18. The second kappa shape index (κ2) is 23.3. The van der Waals surface area contributed by atoms with Crippen molar-refractivity contribution in [1.29, 1.82) is 0 Å². The number of carbonyl (C=O) groups is 4. The third-order valence-electron chi connectivity index (χ3n) is 14.2. The normalized spacial score (nSPS) is 18.7. The number of alkyl carbamates (subject to hydrolysis) is 1. The lowest BCUT2D eigenvalue weighted by molar-refractivity contribution is -0.148. The summed E-state index contributed by atoms with van der Waals surface area (Å²) in [5.74, 6) is 2.02. The van der Waals surface area contributed by atoms with E-state index in [1.165, 1.54) is 36.8 Å². The van der Waals surface area contributed by atoms with E-state index < -0.39 is 88.9 Å². The molecule has 0 spiro atoms. The third-order valence-corrected chi connectivity index (χ3v) is 14.2. The van der Waals surface area contributed by atoms with Crippen LogP contribution in [0.2, 0.25) is 0 Å². The number of aliphatic hydroxyl groups is 1. The predicted octanol–water partition coefficient (Wildman–Crippen LogP) is 6.22. The van der Waals surface area contributed by atoms with Gasteiger partial charge < -0.3 is 29.5 Å². The second-order valence-electron chi connectivity index (χ2n) is 21.8. The van der Waals surface area contributed by atoms with Crippen molar-refractivity contribution >= 4 is 29.6 Å². The van der Waals surface area contributed by atoms with Crippen LogP contribution in [0, 0.1) is 46.1 Å². The van der Waals surface area contributed by atoms with Crippen molar-refractivity contribution in [3.05, 3.63) is 101 Å². The molecular weight excluding hydrogens is 939 g/mol. The smallest absolute Gasteiger partial charge is 0.407 e. The van der Waals surface area contributed by atoms with E-state index in [1.807, 2.05) is 36.4 Å². The van der Waals surface area contributed by atoms with Gasteiger partial charge in [0.25, 0.3) is 0 Å². The minimum absolute atomic E-state index is 0.141. The molecular formula is C55H70F2N8O8. The number of esters is 1. The molecule has 2 unspecified atom stereocenters. The lowest BCUT2D eigenvalue weighted by Crippen LogP contribution is -2.62. The van der Waals surface area contributed by atoms with E-state index in [1.54, 1.807) is 67.1 Å². The molecule has 0 aliphatic carbocycles. The number of fused-ring (bicyclic) bond motifs is 2. The zero-order valence-corrected chi connectivity index (χ0v) is 43.4. The molecule has 392 valence electrons. The number of ether oxygens (including phenoxy) is 3. The summed E-state index contributed by atoms with van der Waals surface area (Å²) >= 11 is 0. The van der Waals surface area contributed by atoms with Gasteiger partial charge in [0.15, 0.2) is 5.78 Å². The van der Waals surface area contributed by atoms with Gasteiger partial charge in [0.1, 0.15) is 17.5 Å². The summed E-state index contributed by atoms with van der Waals surface area (Å²) in [6.45, 7) is 13.3. The second-order valence-corrected chi connectivity index (χ2v) is 21.8. The first-order valence-electron chi connectivity index (χ1n) is 24.9. The lowest BCUT2D eigenvalue weighted by atomic mass is 9.78. The van der Waals surface area contributed by atoms with Gasteiger partial charge in [0.2, 0.25) is 5.91 Å². The summed E-state index contributed by atoms with van der Waals surface area (Å²) < 4.78 is 48.8. The van der Waals surface area contributed by atoms with E-state index >= 15 is 8.78 Å². The molecule has 3 N–H and O–H groups in total. The SMILES string of the molecule is COC(=O)C[C@H](C(=O)NN(Cc1c(F)cc(-c2ccn(C)n2)cc1F)C[C@H](O)[C@@H](CC(=O)[C@@H](NC(=O)OC)C(C)(C)C)Cc1ccc(C#Cc2ccc(N3CC4CCC(C3)N4C3COC3)nc2)cc1)C(C)(C)C. The number of ketones is 1.